The van der Waals surface area contributed by atoms with Gasteiger partial charge in [-0.3, -0.25) is 4.79 Å². The number of rotatable bonds is 3. The molecule has 2 N–H and O–H groups in total. The lowest BCUT2D eigenvalue weighted by atomic mass is 9.82. The molecule has 1 fully saturated rings. The highest BCUT2D eigenvalue weighted by Crippen LogP contribution is 2.39. The topological polar surface area (TPSA) is 49.3 Å². The molecule has 0 radical (unpaired) electrons. The summed E-state index contributed by atoms with van der Waals surface area (Å²) >= 11 is 0. The highest BCUT2D eigenvalue weighted by Gasteiger charge is 2.22. The van der Waals surface area contributed by atoms with E-state index in [4.69, 9.17) is 0 Å². The summed E-state index contributed by atoms with van der Waals surface area (Å²) in [5, 5.41) is 13.2. The summed E-state index contributed by atoms with van der Waals surface area (Å²) in [6, 6.07) is 13.1. The fraction of sp³-hybridized carbons (Fsp3) is 0.409. The first-order chi connectivity index (χ1) is 12.1. The Bertz CT molecular complexity index is 695. The molecule has 3 nitrogen and oxygen atoms in total. The number of nitrogens with one attached hydrogen (secondary N) is 1. The van der Waals surface area contributed by atoms with Gasteiger partial charge < -0.3 is 10.4 Å². The Labute approximate surface area is 163 Å². The molecular formula is C22H30ClNO2. The number of carbonyl (C=O) groups is 1. The smallest absolute Gasteiger partial charge is 0.193 e. The van der Waals surface area contributed by atoms with Gasteiger partial charge in [0.2, 0.25) is 0 Å². The number of ketones is 1. The molecule has 2 aromatic rings. The van der Waals surface area contributed by atoms with E-state index in [0.29, 0.717) is 22.8 Å². The number of aromatic hydroxyl groups is 1. The van der Waals surface area contributed by atoms with Crippen molar-refractivity contribution in [2.45, 2.75) is 44.9 Å². The number of benzene rings is 2. The lowest BCUT2D eigenvalue weighted by Gasteiger charge is -2.24. The predicted octanol–water partition coefficient (Wildman–Crippen LogP) is 5.24. The van der Waals surface area contributed by atoms with Gasteiger partial charge in [0.1, 0.15) is 5.75 Å². The minimum Gasteiger partial charge on any atom is -0.507 e. The molecule has 0 bridgehead atoms. The summed E-state index contributed by atoms with van der Waals surface area (Å²) in [6.45, 7) is 1.88. The molecule has 1 saturated carbocycles. The fourth-order valence-electron chi connectivity index (χ4n) is 3.42. The summed E-state index contributed by atoms with van der Waals surface area (Å²) in [4.78, 5) is 12.7. The van der Waals surface area contributed by atoms with E-state index >= 15 is 0 Å². The summed E-state index contributed by atoms with van der Waals surface area (Å²) in [7, 11) is 3.75. The second kappa shape index (κ2) is 11.0. The van der Waals surface area contributed by atoms with Crippen molar-refractivity contribution in [1.29, 1.82) is 0 Å². The van der Waals surface area contributed by atoms with E-state index in [2.05, 4.69) is 5.32 Å². The second-order valence-corrected chi connectivity index (χ2v) is 6.76. The van der Waals surface area contributed by atoms with Gasteiger partial charge in [-0.2, -0.15) is 0 Å². The van der Waals surface area contributed by atoms with Gasteiger partial charge in [0, 0.05) is 11.1 Å². The van der Waals surface area contributed by atoms with Crippen LogP contribution in [0.3, 0.4) is 0 Å². The fourth-order valence-corrected chi connectivity index (χ4v) is 3.42. The van der Waals surface area contributed by atoms with Crippen LogP contribution in [0.2, 0.25) is 0 Å². The molecule has 0 heterocycles. The minimum absolute atomic E-state index is 0. The highest BCUT2D eigenvalue weighted by atomic mass is 35.5. The first-order valence-corrected chi connectivity index (χ1v) is 9.10. The van der Waals surface area contributed by atoms with E-state index in [1.807, 2.05) is 57.4 Å². The normalized spacial score (nSPS) is 14.0. The Kier molecular flexibility index (Phi) is 9.39. The van der Waals surface area contributed by atoms with Crippen LogP contribution in [0.5, 0.6) is 5.75 Å². The average molecular weight is 376 g/mol. The van der Waals surface area contributed by atoms with Gasteiger partial charge in [-0.1, -0.05) is 49.6 Å². The molecular weight excluding hydrogens is 346 g/mol. The average Bonchev–Trinajstić information content (AvgIpc) is 2.65. The summed E-state index contributed by atoms with van der Waals surface area (Å²) in [5.41, 5.74) is 3.13. The zero-order valence-electron chi connectivity index (χ0n) is 15.9. The highest BCUT2D eigenvalue weighted by molar-refractivity contribution is 6.09. The van der Waals surface area contributed by atoms with Gasteiger partial charge in [-0.05, 0) is 63.0 Å². The van der Waals surface area contributed by atoms with Gasteiger partial charge >= 0.3 is 0 Å². The third-order valence-corrected chi connectivity index (χ3v) is 4.67. The molecule has 0 saturated heterocycles. The van der Waals surface area contributed by atoms with Crippen LogP contribution in [0.25, 0.3) is 0 Å². The summed E-state index contributed by atoms with van der Waals surface area (Å²) in [5.74, 6) is 0.785. The van der Waals surface area contributed by atoms with E-state index in [0.717, 1.165) is 24.0 Å². The van der Waals surface area contributed by atoms with Crippen LogP contribution in [-0.2, 0) is 0 Å². The first kappa shape index (κ1) is 22.2. The summed E-state index contributed by atoms with van der Waals surface area (Å²) < 4.78 is 0. The van der Waals surface area contributed by atoms with Crippen LogP contribution in [0.1, 0.15) is 65.1 Å². The molecule has 1 aliphatic rings. The molecule has 1 aliphatic carbocycles. The van der Waals surface area contributed by atoms with E-state index in [-0.39, 0.29) is 18.2 Å². The Morgan fingerprint density at radius 3 is 2.15 bits per heavy atom. The maximum atomic E-state index is 12.7. The van der Waals surface area contributed by atoms with Gasteiger partial charge in [-0.15, -0.1) is 12.4 Å². The SMILES string of the molecule is CNC.Cc1cc(C(=O)c2ccccc2)cc(C2CCCCC2)c1O.Cl. The zero-order chi connectivity index (χ0) is 18.2. The Hall–Kier alpha value is -1.84. The predicted molar refractivity (Wildman–Crippen MR) is 111 cm³/mol. The first-order valence-electron chi connectivity index (χ1n) is 9.10. The van der Waals surface area contributed by atoms with Gasteiger partial charge in [0.15, 0.2) is 5.78 Å². The number of aryl methyl sites for hydroxylation is 1. The van der Waals surface area contributed by atoms with Gasteiger partial charge in [0.25, 0.3) is 0 Å². The van der Waals surface area contributed by atoms with Crippen molar-refractivity contribution in [3.63, 3.8) is 0 Å². The molecule has 0 amide bonds. The molecule has 0 atom stereocenters. The van der Waals surface area contributed by atoms with Crippen LogP contribution < -0.4 is 5.32 Å². The second-order valence-electron chi connectivity index (χ2n) is 6.76. The molecule has 0 unspecified atom stereocenters. The number of carbonyl (C=O) groups excluding carboxylic acids is 1. The largest absolute Gasteiger partial charge is 0.507 e. The van der Waals surface area contributed by atoms with Crippen molar-refractivity contribution < 1.29 is 9.90 Å². The van der Waals surface area contributed by atoms with Crippen LogP contribution in [-0.4, -0.2) is 25.0 Å². The van der Waals surface area contributed by atoms with Crippen molar-refractivity contribution in [2.75, 3.05) is 14.1 Å². The number of hydrogen-bond donors (Lipinski definition) is 2. The Morgan fingerprint density at radius 1 is 1.00 bits per heavy atom. The van der Waals surface area contributed by atoms with Crippen molar-refractivity contribution in [2.24, 2.45) is 0 Å². The van der Waals surface area contributed by atoms with Crippen molar-refractivity contribution in [1.82, 2.24) is 5.32 Å². The van der Waals surface area contributed by atoms with Crippen LogP contribution in [0.15, 0.2) is 42.5 Å². The maximum Gasteiger partial charge on any atom is 0.193 e. The molecule has 3 rings (SSSR count). The van der Waals surface area contributed by atoms with E-state index in [1.165, 1.54) is 19.3 Å². The standard InChI is InChI=1S/C20H22O2.C2H7N.ClH/c1-14-12-17(20(22)16-10-6-3-7-11-16)13-18(19(14)21)15-8-4-2-5-9-15;1-3-2;/h3,6-7,10-13,15,21H,2,4-5,8-9H2,1H3;3H,1-2H3;1H. The van der Waals surface area contributed by atoms with Crippen molar-refractivity contribution in [3.05, 3.63) is 64.7 Å². The van der Waals surface area contributed by atoms with Crippen LogP contribution in [0.4, 0.5) is 0 Å². The number of halogens is 1. The van der Waals surface area contributed by atoms with Crippen molar-refractivity contribution >= 4 is 18.2 Å². The molecule has 142 valence electrons. The third kappa shape index (κ3) is 5.58. The molecule has 2 aromatic carbocycles. The lowest BCUT2D eigenvalue weighted by Crippen LogP contribution is -2.08. The maximum absolute atomic E-state index is 12.7. The molecule has 0 aromatic heterocycles. The van der Waals surface area contributed by atoms with Crippen LogP contribution in [0, 0.1) is 6.92 Å². The number of hydrogen-bond acceptors (Lipinski definition) is 3. The molecule has 26 heavy (non-hydrogen) atoms. The molecule has 0 aliphatic heterocycles. The quantitative estimate of drug-likeness (QED) is 0.721. The van der Waals surface area contributed by atoms with Gasteiger partial charge in [-0.25, -0.2) is 0 Å². The lowest BCUT2D eigenvalue weighted by molar-refractivity contribution is 0.103. The third-order valence-electron chi connectivity index (χ3n) is 4.67. The minimum atomic E-state index is 0. The number of phenolic OH excluding ortho intramolecular Hbond substituents is 1. The molecule has 4 heteroatoms. The van der Waals surface area contributed by atoms with E-state index < -0.39 is 0 Å². The van der Waals surface area contributed by atoms with Crippen LogP contribution >= 0.6 is 12.4 Å². The summed E-state index contributed by atoms with van der Waals surface area (Å²) in [6.07, 6.45) is 5.91. The Morgan fingerprint density at radius 2 is 1.58 bits per heavy atom. The monoisotopic (exact) mass is 375 g/mol. The van der Waals surface area contributed by atoms with E-state index in [1.54, 1.807) is 6.07 Å². The van der Waals surface area contributed by atoms with Gasteiger partial charge in [0.05, 0.1) is 0 Å². The molecule has 0 spiro atoms. The zero-order valence-corrected chi connectivity index (χ0v) is 16.7. The Balaban J connectivity index is 0.000000791. The number of phenols is 1. The van der Waals surface area contributed by atoms with E-state index in [9.17, 15) is 9.90 Å². The van der Waals surface area contributed by atoms with Crippen molar-refractivity contribution in [3.8, 4) is 5.75 Å².